The van der Waals surface area contributed by atoms with E-state index < -0.39 is 0 Å². The molecular formula is C22H24O6. The largest absolute Gasteiger partial charge is 0.496 e. The second kappa shape index (κ2) is 6.27. The highest BCUT2D eigenvalue weighted by Crippen LogP contribution is 2.47. The van der Waals surface area contributed by atoms with Gasteiger partial charge in [0.15, 0.2) is 17.3 Å². The van der Waals surface area contributed by atoms with Crippen LogP contribution in [0.2, 0.25) is 0 Å². The Bertz CT molecular complexity index is 883. The fourth-order valence-corrected chi connectivity index (χ4v) is 4.69. The van der Waals surface area contributed by atoms with Crippen molar-refractivity contribution in [3.05, 3.63) is 36.1 Å². The number of benzene rings is 1. The van der Waals surface area contributed by atoms with E-state index in [0.29, 0.717) is 28.4 Å². The van der Waals surface area contributed by atoms with Gasteiger partial charge in [0.05, 0.1) is 36.6 Å². The quantitative estimate of drug-likeness (QED) is 0.728. The van der Waals surface area contributed by atoms with Crippen molar-refractivity contribution in [2.45, 2.75) is 44.5 Å². The summed E-state index contributed by atoms with van der Waals surface area (Å²) in [5, 5.41) is 0. The van der Waals surface area contributed by atoms with Gasteiger partial charge in [0, 0.05) is 17.5 Å². The fraction of sp³-hybridized carbons (Fsp3) is 0.500. The van der Waals surface area contributed by atoms with Gasteiger partial charge in [-0.05, 0) is 32.8 Å². The van der Waals surface area contributed by atoms with Crippen LogP contribution in [0.15, 0.2) is 30.5 Å². The second-order valence-electron chi connectivity index (χ2n) is 8.28. The maximum Gasteiger partial charge on any atom is 0.231 e. The lowest BCUT2D eigenvalue weighted by atomic mass is 9.70. The van der Waals surface area contributed by atoms with E-state index >= 15 is 0 Å². The summed E-state index contributed by atoms with van der Waals surface area (Å²) in [5.74, 6) is 1.79. The SMILES string of the molecule is COc1cc2c(cc1C1=COC3C(CCC4OC(C)(C)C=CC43)C1=O)OCO2. The van der Waals surface area contributed by atoms with Crippen LogP contribution in [0.25, 0.3) is 5.57 Å². The lowest BCUT2D eigenvalue weighted by molar-refractivity contribution is -0.146. The van der Waals surface area contributed by atoms with Crippen LogP contribution < -0.4 is 14.2 Å². The van der Waals surface area contributed by atoms with E-state index in [4.69, 9.17) is 23.7 Å². The number of rotatable bonds is 2. The molecule has 0 amide bonds. The molecule has 1 aromatic carbocycles. The summed E-state index contributed by atoms with van der Waals surface area (Å²) in [6.45, 7) is 4.28. The zero-order valence-electron chi connectivity index (χ0n) is 16.3. The number of carbonyl (C=O) groups excluding carboxylic acids is 1. The molecule has 3 heterocycles. The maximum absolute atomic E-state index is 13.4. The lowest BCUT2D eigenvalue weighted by Crippen LogP contribution is -2.51. The van der Waals surface area contributed by atoms with Crippen molar-refractivity contribution in [2.75, 3.05) is 13.9 Å². The van der Waals surface area contributed by atoms with Gasteiger partial charge in [0.25, 0.3) is 0 Å². The predicted molar refractivity (Wildman–Crippen MR) is 101 cm³/mol. The van der Waals surface area contributed by atoms with Crippen LogP contribution in [-0.4, -0.2) is 37.5 Å². The topological polar surface area (TPSA) is 63.2 Å². The number of hydrogen-bond donors (Lipinski definition) is 0. The van der Waals surface area contributed by atoms with Crippen molar-refractivity contribution in [3.8, 4) is 17.2 Å². The molecule has 0 bridgehead atoms. The second-order valence-corrected chi connectivity index (χ2v) is 8.28. The number of hydrogen-bond acceptors (Lipinski definition) is 6. The zero-order chi connectivity index (χ0) is 19.5. The van der Waals surface area contributed by atoms with E-state index in [1.54, 1.807) is 25.5 Å². The Balaban J connectivity index is 1.49. The van der Waals surface area contributed by atoms with Crippen LogP contribution in [0.5, 0.6) is 17.2 Å². The zero-order valence-corrected chi connectivity index (χ0v) is 16.3. The van der Waals surface area contributed by atoms with Crippen LogP contribution in [0.3, 0.4) is 0 Å². The van der Waals surface area contributed by atoms with Gasteiger partial charge in [-0.2, -0.15) is 0 Å². The average molecular weight is 384 g/mol. The van der Waals surface area contributed by atoms with Crippen LogP contribution >= 0.6 is 0 Å². The molecule has 4 aliphatic rings. The number of ketones is 1. The first-order chi connectivity index (χ1) is 13.5. The first-order valence-corrected chi connectivity index (χ1v) is 9.72. The Morgan fingerprint density at radius 1 is 1.14 bits per heavy atom. The van der Waals surface area contributed by atoms with Gasteiger partial charge < -0.3 is 23.7 Å². The number of carbonyl (C=O) groups is 1. The molecule has 0 aromatic heterocycles. The average Bonchev–Trinajstić information content (AvgIpc) is 3.13. The fourth-order valence-electron chi connectivity index (χ4n) is 4.69. The molecule has 4 atom stereocenters. The molecule has 0 N–H and O–H groups in total. The first kappa shape index (κ1) is 17.6. The van der Waals surface area contributed by atoms with Gasteiger partial charge in [-0.1, -0.05) is 12.2 Å². The lowest BCUT2D eigenvalue weighted by Gasteiger charge is -2.46. The number of methoxy groups -OCH3 is 1. The Morgan fingerprint density at radius 2 is 1.93 bits per heavy atom. The summed E-state index contributed by atoms with van der Waals surface area (Å²) in [5.41, 5.74) is 0.929. The molecular weight excluding hydrogens is 360 g/mol. The molecule has 1 aliphatic carbocycles. The molecule has 28 heavy (non-hydrogen) atoms. The van der Waals surface area contributed by atoms with E-state index in [9.17, 15) is 4.79 Å². The van der Waals surface area contributed by atoms with Crippen molar-refractivity contribution < 1.29 is 28.5 Å². The third-order valence-corrected chi connectivity index (χ3v) is 6.07. The maximum atomic E-state index is 13.4. The van der Waals surface area contributed by atoms with Gasteiger partial charge in [0.2, 0.25) is 6.79 Å². The minimum absolute atomic E-state index is 0.0871. The van der Waals surface area contributed by atoms with Gasteiger partial charge >= 0.3 is 0 Å². The van der Waals surface area contributed by atoms with E-state index in [2.05, 4.69) is 26.0 Å². The van der Waals surface area contributed by atoms with E-state index in [1.165, 1.54) is 0 Å². The van der Waals surface area contributed by atoms with Gasteiger partial charge in [-0.25, -0.2) is 0 Å². The van der Waals surface area contributed by atoms with Crippen molar-refractivity contribution in [1.82, 2.24) is 0 Å². The summed E-state index contributed by atoms with van der Waals surface area (Å²) in [6.07, 6.45) is 7.31. The Kier molecular flexibility index (Phi) is 3.95. The number of fused-ring (bicyclic) bond motifs is 4. The van der Waals surface area contributed by atoms with Crippen LogP contribution in [0.1, 0.15) is 32.3 Å². The molecule has 1 saturated carbocycles. The highest BCUT2D eigenvalue weighted by atomic mass is 16.7. The van der Waals surface area contributed by atoms with E-state index in [-0.39, 0.29) is 42.2 Å². The minimum Gasteiger partial charge on any atom is -0.496 e. The van der Waals surface area contributed by atoms with Gasteiger partial charge in [-0.3, -0.25) is 4.79 Å². The molecule has 0 radical (unpaired) electrons. The summed E-state index contributed by atoms with van der Waals surface area (Å²) < 4.78 is 28.7. The van der Waals surface area contributed by atoms with Crippen LogP contribution in [-0.2, 0) is 14.3 Å². The van der Waals surface area contributed by atoms with Crippen molar-refractivity contribution >= 4 is 11.4 Å². The first-order valence-electron chi connectivity index (χ1n) is 9.72. The molecule has 1 fully saturated rings. The monoisotopic (exact) mass is 384 g/mol. The van der Waals surface area contributed by atoms with Crippen molar-refractivity contribution in [2.24, 2.45) is 11.8 Å². The Labute approximate surface area is 164 Å². The highest BCUT2D eigenvalue weighted by molar-refractivity contribution is 6.23. The standard InChI is InChI=1S/C22H24O6/c1-22(2)7-6-12-16(28-22)5-4-13-20(23)15(10-25-21(12)13)14-8-18-19(27-11-26-18)9-17(14)24-3/h6-10,12-13,16,21H,4-5,11H2,1-3H3. The molecule has 1 aromatic rings. The molecule has 4 unspecified atom stereocenters. The molecule has 0 saturated heterocycles. The highest BCUT2D eigenvalue weighted by Gasteiger charge is 2.48. The van der Waals surface area contributed by atoms with Crippen LogP contribution in [0.4, 0.5) is 0 Å². The minimum atomic E-state index is -0.270. The number of ether oxygens (including phenoxy) is 5. The number of Topliss-reactive ketones (excluding diaryl/α,β-unsaturated/α-hetero) is 1. The van der Waals surface area contributed by atoms with Crippen LogP contribution in [0, 0.1) is 11.8 Å². The summed E-state index contributed by atoms with van der Waals surface area (Å²) >= 11 is 0. The smallest absolute Gasteiger partial charge is 0.231 e. The predicted octanol–water partition coefficient (Wildman–Crippen LogP) is 3.49. The van der Waals surface area contributed by atoms with Gasteiger partial charge in [-0.15, -0.1) is 0 Å². The molecule has 0 spiro atoms. The van der Waals surface area contributed by atoms with Crippen molar-refractivity contribution in [1.29, 1.82) is 0 Å². The van der Waals surface area contributed by atoms with E-state index in [1.807, 2.05) is 0 Å². The Hall–Kier alpha value is -2.47. The molecule has 6 nitrogen and oxygen atoms in total. The molecule has 6 heteroatoms. The third-order valence-electron chi connectivity index (χ3n) is 6.07. The third kappa shape index (κ3) is 2.70. The molecule has 3 aliphatic heterocycles. The molecule has 148 valence electrons. The Morgan fingerprint density at radius 3 is 2.71 bits per heavy atom. The summed E-state index contributed by atoms with van der Waals surface area (Å²) in [6, 6.07) is 3.56. The van der Waals surface area contributed by atoms with Crippen molar-refractivity contribution in [3.63, 3.8) is 0 Å². The summed E-state index contributed by atoms with van der Waals surface area (Å²) in [7, 11) is 1.58. The molecule has 5 rings (SSSR count). The summed E-state index contributed by atoms with van der Waals surface area (Å²) in [4.78, 5) is 13.4. The van der Waals surface area contributed by atoms with Gasteiger partial charge in [0.1, 0.15) is 11.9 Å². The number of allylic oxidation sites excluding steroid dienone is 1. The normalized spacial score (nSPS) is 32.1. The van der Waals surface area contributed by atoms with E-state index in [0.717, 1.165) is 12.8 Å².